The number of rotatable bonds is 5. The van der Waals surface area contributed by atoms with E-state index in [0.717, 1.165) is 6.54 Å². The molecule has 1 aromatic carbocycles. The molecule has 0 aliphatic heterocycles. The number of aryl methyl sites for hydroxylation is 1. The second-order valence-corrected chi connectivity index (χ2v) is 5.72. The molecular weight excluding hydrogens is 274 g/mol. The minimum Gasteiger partial charge on any atom is -0.343 e. The van der Waals surface area contributed by atoms with Gasteiger partial charge in [0.05, 0.1) is 6.54 Å². The number of aromatic nitrogens is 2. The molecule has 114 valence electrons. The summed E-state index contributed by atoms with van der Waals surface area (Å²) in [4.78, 5) is 12.0. The van der Waals surface area contributed by atoms with Gasteiger partial charge in [-0.1, -0.05) is 18.2 Å². The number of carbonyl (C=O) groups excluding carboxylic acids is 1. The molecule has 0 radical (unpaired) electrons. The van der Waals surface area contributed by atoms with Crippen molar-refractivity contribution in [3.8, 4) is 0 Å². The molecule has 4 nitrogen and oxygen atoms in total. The molecule has 0 aliphatic carbocycles. The molecule has 0 saturated carbocycles. The molecule has 0 saturated heterocycles. The molecule has 3 rings (SSSR count). The van der Waals surface area contributed by atoms with Gasteiger partial charge in [-0.3, -0.25) is 9.36 Å². The number of nitrogens with one attached hydrogen (secondary N) is 1. The van der Waals surface area contributed by atoms with Gasteiger partial charge in [0.25, 0.3) is 0 Å². The molecule has 3 aromatic rings. The van der Waals surface area contributed by atoms with Crippen molar-refractivity contribution in [1.82, 2.24) is 14.5 Å². The molecule has 1 atom stereocenters. The summed E-state index contributed by atoms with van der Waals surface area (Å²) in [7, 11) is 0. The molecule has 4 heteroatoms. The van der Waals surface area contributed by atoms with Crippen LogP contribution in [0.15, 0.2) is 54.9 Å². The fourth-order valence-corrected chi connectivity index (χ4v) is 2.78. The van der Waals surface area contributed by atoms with Gasteiger partial charge in [0.1, 0.15) is 0 Å². The fourth-order valence-electron chi connectivity index (χ4n) is 2.78. The zero-order chi connectivity index (χ0) is 15.5. The number of nitrogens with zero attached hydrogens (tertiary/aromatic N) is 2. The molecule has 0 aliphatic rings. The Morgan fingerprint density at radius 1 is 1.18 bits per heavy atom. The number of carbonyl (C=O) groups is 1. The van der Waals surface area contributed by atoms with E-state index >= 15 is 0 Å². The van der Waals surface area contributed by atoms with Crippen LogP contribution in [0.3, 0.4) is 0 Å². The highest BCUT2D eigenvalue weighted by molar-refractivity contribution is 5.81. The van der Waals surface area contributed by atoms with Crippen LogP contribution in [-0.2, 0) is 6.54 Å². The van der Waals surface area contributed by atoms with Gasteiger partial charge < -0.3 is 9.88 Å². The third kappa shape index (κ3) is 2.97. The Morgan fingerprint density at radius 2 is 1.91 bits per heavy atom. The lowest BCUT2D eigenvalue weighted by Gasteiger charge is -2.16. The van der Waals surface area contributed by atoms with E-state index in [1.54, 1.807) is 17.0 Å². The molecule has 2 heterocycles. The number of hydrogen-bond acceptors (Lipinski definition) is 2. The van der Waals surface area contributed by atoms with Crippen LogP contribution in [0.2, 0.25) is 0 Å². The van der Waals surface area contributed by atoms with Crippen LogP contribution in [-0.4, -0.2) is 27.6 Å². The molecular formula is C18H21N3O. The van der Waals surface area contributed by atoms with Gasteiger partial charge in [0, 0.05) is 36.2 Å². The topological polar surface area (TPSA) is 39.0 Å². The average molecular weight is 295 g/mol. The van der Waals surface area contributed by atoms with Gasteiger partial charge in [0.15, 0.2) is 0 Å². The lowest BCUT2D eigenvalue weighted by molar-refractivity contribution is 0.0908. The summed E-state index contributed by atoms with van der Waals surface area (Å²) in [5.41, 5.74) is 2.48. The van der Waals surface area contributed by atoms with Crippen LogP contribution in [0.25, 0.3) is 10.9 Å². The fraction of sp³-hybridized carbons (Fsp3) is 0.278. The number of benzene rings is 1. The first-order chi connectivity index (χ1) is 10.6. The molecule has 2 aromatic heterocycles. The Bertz CT molecular complexity index is 771. The van der Waals surface area contributed by atoms with E-state index in [-0.39, 0.29) is 11.9 Å². The standard InChI is InChI=1S/C18H21N3O/c1-14(19-12-18(22)20-9-5-6-10-20)13-21-15(2)11-16-7-3-4-8-17(16)21/h3-11,14,19H,12-13H2,1-2H3/t14-/m0/s1. The highest BCUT2D eigenvalue weighted by Gasteiger charge is 2.10. The monoisotopic (exact) mass is 295 g/mol. The summed E-state index contributed by atoms with van der Waals surface area (Å²) >= 11 is 0. The molecule has 0 fully saturated rings. The Kier molecular flexibility index (Phi) is 4.11. The van der Waals surface area contributed by atoms with Crippen LogP contribution < -0.4 is 5.32 Å². The predicted octanol–water partition coefficient (Wildman–Crippen LogP) is 3.07. The van der Waals surface area contributed by atoms with Crippen molar-refractivity contribution >= 4 is 16.8 Å². The van der Waals surface area contributed by atoms with E-state index < -0.39 is 0 Å². The second-order valence-electron chi connectivity index (χ2n) is 5.72. The smallest absolute Gasteiger partial charge is 0.244 e. The molecule has 1 N–H and O–H groups in total. The van der Waals surface area contributed by atoms with E-state index in [2.05, 4.69) is 54.1 Å². The Balaban J connectivity index is 1.65. The molecule has 0 bridgehead atoms. The van der Waals surface area contributed by atoms with Crippen molar-refractivity contribution in [3.63, 3.8) is 0 Å². The van der Waals surface area contributed by atoms with Gasteiger partial charge in [-0.05, 0) is 43.5 Å². The molecule has 0 spiro atoms. The Labute approximate surface area is 130 Å². The first-order valence-electron chi connectivity index (χ1n) is 7.59. The minimum absolute atomic E-state index is 0.0611. The maximum atomic E-state index is 12.0. The Hall–Kier alpha value is -2.33. The van der Waals surface area contributed by atoms with Crippen molar-refractivity contribution in [1.29, 1.82) is 0 Å². The minimum atomic E-state index is 0.0611. The van der Waals surface area contributed by atoms with Crippen LogP contribution in [0.4, 0.5) is 0 Å². The van der Waals surface area contributed by atoms with Crippen molar-refractivity contribution in [2.45, 2.75) is 26.4 Å². The maximum Gasteiger partial charge on any atom is 0.244 e. The van der Waals surface area contributed by atoms with E-state index in [4.69, 9.17) is 0 Å². The van der Waals surface area contributed by atoms with Crippen LogP contribution in [0.1, 0.15) is 17.4 Å². The van der Waals surface area contributed by atoms with E-state index in [0.29, 0.717) is 6.54 Å². The quantitative estimate of drug-likeness (QED) is 0.785. The summed E-state index contributed by atoms with van der Waals surface area (Å²) in [5, 5.41) is 4.57. The number of hydrogen-bond donors (Lipinski definition) is 1. The number of fused-ring (bicyclic) bond motifs is 1. The third-order valence-corrected chi connectivity index (χ3v) is 3.97. The summed E-state index contributed by atoms with van der Waals surface area (Å²) in [5.74, 6) is 0.0611. The number of para-hydroxylation sites is 1. The predicted molar refractivity (Wildman–Crippen MR) is 89.2 cm³/mol. The summed E-state index contributed by atoms with van der Waals surface area (Å²) in [6.45, 7) is 5.42. The first kappa shape index (κ1) is 14.6. The summed E-state index contributed by atoms with van der Waals surface area (Å²) in [6, 6.07) is 14.5. The lowest BCUT2D eigenvalue weighted by Crippen LogP contribution is -2.36. The van der Waals surface area contributed by atoms with Crippen LogP contribution in [0, 0.1) is 6.92 Å². The zero-order valence-electron chi connectivity index (χ0n) is 13.0. The van der Waals surface area contributed by atoms with Crippen molar-refractivity contribution in [2.75, 3.05) is 6.54 Å². The highest BCUT2D eigenvalue weighted by Crippen LogP contribution is 2.19. The van der Waals surface area contributed by atoms with Gasteiger partial charge in [-0.25, -0.2) is 0 Å². The second kappa shape index (κ2) is 6.20. The summed E-state index contributed by atoms with van der Waals surface area (Å²) < 4.78 is 3.91. The van der Waals surface area contributed by atoms with E-state index in [1.165, 1.54) is 16.6 Å². The average Bonchev–Trinajstić information content (AvgIpc) is 3.14. The molecule has 0 amide bonds. The normalized spacial score (nSPS) is 12.6. The van der Waals surface area contributed by atoms with Crippen molar-refractivity contribution in [3.05, 3.63) is 60.6 Å². The van der Waals surface area contributed by atoms with Gasteiger partial charge in [0.2, 0.25) is 5.91 Å². The van der Waals surface area contributed by atoms with Gasteiger partial charge in [-0.15, -0.1) is 0 Å². The Morgan fingerprint density at radius 3 is 2.68 bits per heavy atom. The van der Waals surface area contributed by atoms with Crippen molar-refractivity contribution in [2.24, 2.45) is 0 Å². The lowest BCUT2D eigenvalue weighted by atomic mass is 10.2. The van der Waals surface area contributed by atoms with Crippen LogP contribution in [0.5, 0.6) is 0 Å². The van der Waals surface area contributed by atoms with E-state index in [1.807, 2.05) is 12.1 Å². The van der Waals surface area contributed by atoms with Gasteiger partial charge in [-0.2, -0.15) is 0 Å². The SMILES string of the molecule is Cc1cc2ccccc2n1C[C@H](C)NCC(=O)n1cccc1. The molecule has 0 unspecified atom stereocenters. The van der Waals surface area contributed by atoms with Crippen molar-refractivity contribution < 1.29 is 4.79 Å². The molecule has 22 heavy (non-hydrogen) atoms. The van der Waals surface area contributed by atoms with Gasteiger partial charge >= 0.3 is 0 Å². The summed E-state index contributed by atoms with van der Waals surface area (Å²) in [6.07, 6.45) is 3.55. The van der Waals surface area contributed by atoms with E-state index in [9.17, 15) is 4.79 Å². The third-order valence-electron chi connectivity index (χ3n) is 3.97. The highest BCUT2D eigenvalue weighted by atomic mass is 16.2. The first-order valence-corrected chi connectivity index (χ1v) is 7.59. The maximum absolute atomic E-state index is 12.0. The zero-order valence-corrected chi connectivity index (χ0v) is 13.0. The largest absolute Gasteiger partial charge is 0.343 e. The van der Waals surface area contributed by atoms with Crippen LogP contribution >= 0.6 is 0 Å².